The zero-order valence-electron chi connectivity index (χ0n) is 39.2. The molecule has 1 saturated carbocycles. The zero-order valence-corrected chi connectivity index (χ0v) is 44.1. The average Bonchev–Trinajstić information content (AvgIpc) is 3.61. The Morgan fingerprint density at radius 3 is 1.00 bits per heavy atom. The molecule has 0 aliphatic heterocycles. The van der Waals surface area contributed by atoms with Crippen molar-refractivity contribution in [2.75, 3.05) is 179 Å². The van der Waals surface area contributed by atoms with Crippen LogP contribution in [0.5, 0.6) is 0 Å². The van der Waals surface area contributed by atoms with E-state index in [0.29, 0.717) is 5.92 Å². The first-order valence-corrected chi connectivity index (χ1v) is 29.0. The summed E-state index contributed by atoms with van der Waals surface area (Å²) in [5.41, 5.74) is 0. The van der Waals surface area contributed by atoms with Gasteiger partial charge in [0.05, 0.1) is 0 Å². The van der Waals surface area contributed by atoms with Crippen LogP contribution in [0.1, 0.15) is 66.2 Å². The van der Waals surface area contributed by atoms with Gasteiger partial charge < -0.3 is 42.5 Å². The van der Waals surface area contributed by atoms with Gasteiger partial charge in [-0.2, -0.15) is 70.6 Å². The zero-order chi connectivity index (χ0) is 43.3. The quantitative estimate of drug-likeness (QED) is 0.0396. The van der Waals surface area contributed by atoms with Gasteiger partial charge in [-0.15, -0.1) is 0 Å². The van der Waals surface area contributed by atoms with Crippen molar-refractivity contribution in [3.63, 3.8) is 0 Å². The third kappa shape index (κ3) is 102. The Labute approximate surface area is 372 Å². The Bertz CT molecular complexity index is 475. The Balaban J connectivity index is -0.0000000965. The molecule has 0 heterocycles. The highest BCUT2D eigenvalue weighted by molar-refractivity contribution is 7.99. The van der Waals surface area contributed by atoms with Crippen LogP contribution in [0.3, 0.4) is 0 Å². The summed E-state index contributed by atoms with van der Waals surface area (Å²) in [5, 5.41) is 25.0. The number of hydrogen-bond acceptors (Lipinski definition) is 14. The Kier molecular flexibility index (Phi) is 108. The van der Waals surface area contributed by atoms with E-state index < -0.39 is 6.17 Å². The number of alkyl halides is 1. The van der Waals surface area contributed by atoms with Crippen molar-refractivity contribution < 1.29 is 4.39 Å². The SMILES string of the molecule is CCCCNC.CCCNC.CCNCCSC.CCNCCSC.CNCC1CCCC1F.CNCCSC.CNCCSC.CSCCNCCSC. The number of hydrogen-bond donors (Lipinski definition) is 8. The van der Waals surface area contributed by atoms with Crippen molar-refractivity contribution in [1.82, 2.24) is 42.5 Å². The number of rotatable bonds is 27. The van der Waals surface area contributed by atoms with Crippen molar-refractivity contribution in [2.24, 2.45) is 5.92 Å². The normalized spacial score (nSPS) is 13.5. The van der Waals surface area contributed by atoms with E-state index >= 15 is 0 Å². The Morgan fingerprint density at radius 1 is 0.436 bits per heavy atom. The molecule has 0 bridgehead atoms. The number of halogens is 1. The van der Waals surface area contributed by atoms with Gasteiger partial charge in [0.1, 0.15) is 6.17 Å². The molecule has 0 aromatic heterocycles. The van der Waals surface area contributed by atoms with Gasteiger partial charge in [0.2, 0.25) is 0 Å². The van der Waals surface area contributed by atoms with E-state index in [9.17, 15) is 4.39 Å². The fraction of sp³-hybridized carbons (Fsp3) is 1.00. The van der Waals surface area contributed by atoms with E-state index in [2.05, 4.69) is 108 Å². The largest absolute Gasteiger partial charge is 0.320 e. The molecular weight excluding hydrogens is 804 g/mol. The second-order valence-corrected chi connectivity index (χ2v) is 17.9. The molecule has 8 N–H and O–H groups in total. The minimum absolute atomic E-state index is 0.301. The molecule has 1 fully saturated rings. The van der Waals surface area contributed by atoms with Crippen molar-refractivity contribution >= 4 is 70.6 Å². The lowest BCUT2D eigenvalue weighted by molar-refractivity contribution is 0.260. The first-order chi connectivity index (χ1) is 26.7. The van der Waals surface area contributed by atoms with Crippen LogP contribution in [0.4, 0.5) is 4.39 Å². The molecule has 55 heavy (non-hydrogen) atoms. The van der Waals surface area contributed by atoms with Gasteiger partial charge in [0, 0.05) is 86.2 Å². The van der Waals surface area contributed by atoms with Gasteiger partial charge in [-0.3, -0.25) is 0 Å². The second kappa shape index (κ2) is 83.4. The van der Waals surface area contributed by atoms with E-state index in [1.807, 2.05) is 106 Å². The van der Waals surface area contributed by atoms with E-state index in [1.165, 1.54) is 53.8 Å². The van der Waals surface area contributed by atoms with Crippen molar-refractivity contribution in [3.05, 3.63) is 0 Å². The first kappa shape index (κ1) is 71.2. The third-order valence-electron chi connectivity index (χ3n) is 6.86. The van der Waals surface area contributed by atoms with Crippen molar-refractivity contribution in [3.8, 4) is 0 Å². The van der Waals surface area contributed by atoms with Crippen LogP contribution in [-0.4, -0.2) is 185 Å². The van der Waals surface area contributed by atoms with Crippen LogP contribution in [0.25, 0.3) is 0 Å². The highest BCUT2D eigenvalue weighted by Crippen LogP contribution is 2.27. The molecule has 0 saturated heterocycles. The van der Waals surface area contributed by atoms with Gasteiger partial charge >= 0.3 is 0 Å². The summed E-state index contributed by atoms with van der Waals surface area (Å²) in [7, 11) is 9.76. The highest BCUT2D eigenvalue weighted by Gasteiger charge is 2.25. The summed E-state index contributed by atoms with van der Waals surface area (Å²) in [5.74, 6) is 7.66. The molecule has 0 spiro atoms. The predicted octanol–water partition coefficient (Wildman–Crippen LogP) is 7.32. The first-order valence-electron chi connectivity index (χ1n) is 20.7. The van der Waals surface area contributed by atoms with Crippen molar-refractivity contribution in [1.29, 1.82) is 0 Å². The van der Waals surface area contributed by atoms with Crippen LogP contribution in [-0.2, 0) is 0 Å². The fourth-order valence-electron chi connectivity index (χ4n) is 3.67. The standard InChI is InChI=1S/C7H14FN.C6H15NS2.2C5H13NS.C5H13N.2C4H11NS.C4H11N/c1-9-5-6-3-2-4-7(6)8;1-8-5-3-7-4-6-9-2;2*1-3-6-4-5-7-2;1-3-4-5-6-2;2*1-5-3-4-6-2;1-3-4-5-2/h6-7,9H,2-5H2,1H3;7H,3-6H2,1-2H3;2*6H,3-5H2,1-2H3;6H,3-5H2,1-2H3;2*5H,3-4H2,1-2H3;5H,3-4H2,1-2H3. The molecule has 1 rings (SSSR count). The van der Waals surface area contributed by atoms with Gasteiger partial charge in [0.15, 0.2) is 0 Å². The Morgan fingerprint density at radius 2 is 0.800 bits per heavy atom. The monoisotopic (exact) mass is 905 g/mol. The molecule has 1 aliphatic carbocycles. The predicted molar refractivity (Wildman–Crippen MR) is 277 cm³/mol. The summed E-state index contributed by atoms with van der Waals surface area (Å²) >= 11 is 11.3. The van der Waals surface area contributed by atoms with E-state index in [0.717, 1.165) is 91.3 Å². The van der Waals surface area contributed by atoms with Gasteiger partial charge in [-0.05, 0) is 125 Å². The third-order valence-corrected chi connectivity index (χ3v) is 10.5. The molecule has 0 radical (unpaired) electrons. The summed E-state index contributed by atoms with van der Waals surface area (Å²) in [6, 6.07) is 0. The molecule has 344 valence electrons. The molecule has 0 amide bonds. The molecule has 15 heteroatoms. The second-order valence-electron chi connectivity index (χ2n) is 11.9. The van der Waals surface area contributed by atoms with E-state index in [4.69, 9.17) is 0 Å². The summed E-state index contributed by atoms with van der Waals surface area (Å²) in [4.78, 5) is 0. The summed E-state index contributed by atoms with van der Waals surface area (Å²) < 4.78 is 12.7. The van der Waals surface area contributed by atoms with Crippen LogP contribution in [0.2, 0.25) is 0 Å². The lowest BCUT2D eigenvalue weighted by atomic mass is 10.1. The van der Waals surface area contributed by atoms with Crippen LogP contribution in [0, 0.1) is 5.92 Å². The lowest BCUT2D eigenvalue weighted by Gasteiger charge is -2.10. The molecule has 8 nitrogen and oxygen atoms in total. The minimum atomic E-state index is -0.530. The lowest BCUT2D eigenvalue weighted by Crippen LogP contribution is -2.22. The molecular formula is C40H101FN8S6. The van der Waals surface area contributed by atoms with Gasteiger partial charge in [-0.1, -0.05) is 40.5 Å². The molecule has 0 aromatic rings. The topological polar surface area (TPSA) is 96.2 Å². The highest BCUT2D eigenvalue weighted by atomic mass is 32.2. The number of thioether (sulfide) groups is 6. The van der Waals surface area contributed by atoms with Crippen LogP contribution >= 0.6 is 70.6 Å². The minimum Gasteiger partial charge on any atom is -0.320 e. The molecule has 1 aliphatic rings. The molecule has 2 unspecified atom stereocenters. The number of nitrogens with one attached hydrogen (secondary N) is 8. The van der Waals surface area contributed by atoms with E-state index in [1.54, 1.807) is 0 Å². The average molecular weight is 906 g/mol. The molecule has 2 atom stereocenters. The molecule has 0 aromatic carbocycles. The fourth-order valence-corrected chi connectivity index (χ4v) is 5.88. The van der Waals surface area contributed by atoms with Gasteiger partial charge in [-0.25, -0.2) is 4.39 Å². The van der Waals surface area contributed by atoms with Crippen LogP contribution < -0.4 is 42.5 Å². The van der Waals surface area contributed by atoms with Crippen molar-refractivity contribution in [2.45, 2.75) is 72.4 Å². The summed E-state index contributed by atoms with van der Waals surface area (Å²) in [6.45, 7) is 20.8. The van der Waals surface area contributed by atoms with Gasteiger partial charge in [0.25, 0.3) is 0 Å². The maximum Gasteiger partial charge on any atom is 0.104 e. The summed E-state index contributed by atoms with van der Waals surface area (Å²) in [6.07, 6.45) is 19.0. The van der Waals surface area contributed by atoms with E-state index in [-0.39, 0.29) is 0 Å². The smallest absolute Gasteiger partial charge is 0.104 e. The van der Waals surface area contributed by atoms with Crippen LogP contribution in [0.15, 0.2) is 0 Å². The maximum absolute atomic E-state index is 12.7. The number of unbranched alkanes of at least 4 members (excludes halogenated alkanes) is 1. The maximum atomic E-state index is 12.7. The Hall–Kier alpha value is 1.71.